The van der Waals surface area contributed by atoms with Crippen LogP contribution in [0, 0.1) is 11.8 Å². The van der Waals surface area contributed by atoms with Gasteiger partial charge in [0.15, 0.2) is 5.12 Å². The van der Waals surface area contributed by atoms with Crippen LogP contribution in [0.5, 0.6) is 0 Å². The third-order valence-corrected chi connectivity index (χ3v) is 4.24. The summed E-state index contributed by atoms with van der Waals surface area (Å²) in [5.41, 5.74) is 0.998. The Morgan fingerprint density at radius 3 is 2.25 bits per heavy atom. The van der Waals surface area contributed by atoms with Gasteiger partial charge in [0.25, 0.3) is 0 Å². The minimum Gasteiger partial charge on any atom is -0.481 e. The van der Waals surface area contributed by atoms with Gasteiger partial charge in [-0.15, -0.1) is 0 Å². The fourth-order valence-electron chi connectivity index (χ4n) is 2.22. The van der Waals surface area contributed by atoms with E-state index in [0.29, 0.717) is 12.3 Å². The van der Waals surface area contributed by atoms with E-state index < -0.39 is 11.9 Å². The summed E-state index contributed by atoms with van der Waals surface area (Å²) in [6.07, 6.45) is 1.20. The summed E-state index contributed by atoms with van der Waals surface area (Å²) >= 11 is 1.16. The summed E-state index contributed by atoms with van der Waals surface area (Å²) in [4.78, 5) is 23.0. The van der Waals surface area contributed by atoms with Gasteiger partial charge < -0.3 is 5.11 Å². The molecule has 0 radical (unpaired) electrons. The average Bonchev–Trinajstić information content (AvgIpc) is 2.35. The summed E-state index contributed by atoms with van der Waals surface area (Å²) in [6, 6.07) is 9.59. The van der Waals surface area contributed by atoms with Crippen LogP contribution >= 0.6 is 11.8 Å². The van der Waals surface area contributed by atoms with E-state index in [9.17, 15) is 14.7 Å². The molecule has 1 aromatic rings. The second-order valence-corrected chi connectivity index (χ2v) is 6.83. The van der Waals surface area contributed by atoms with E-state index in [0.717, 1.165) is 23.7 Å². The zero-order valence-corrected chi connectivity index (χ0v) is 13.0. The molecule has 0 saturated heterocycles. The summed E-state index contributed by atoms with van der Waals surface area (Å²) < 4.78 is 0. The van der Waals surface area contributed by atoms with Crippen LogP contribution in [-0.4, -0.2) is 21.4 Å². The van der Waals surface area contributed by atoms with Crippen LogP contribution < -0.4 is 0 Å². The van der Waals surface area contributed by atoms with Gasteiger partial charge >= 0.3 is 5.97 Å². The molecule has 3 nitrogen and oxygen atoms in total. The van der Waals surface area contributed by atoms with E-state index in [-0.39, 0.29) is 10.4 Å². The van der Waals surface area contributed by atoms with Crippen molar-refractivity contribution in [2.24, 2.45) is 11.8 Å². The Balaban J connectivity index is 2.89. The van der Waals surface area contributed by atoms with E-state index in [4.69, 9.17) is 0 Å². The first-order valence-corrected chi connectivity index (χ1v) is 7.72. The molecule has 110 valence electrons. The van der Waals surface area contributed by atoms with Crippen molar-refractivity contribution < 1.29 is 14.7 Å². The molecule has 0 aliphatic rings. The van der Waals surface area contributed by atoms with Crippen LogP contribution in [0.3, 0.4) is 0 Å². The number of hydrogen-bond donors (Lipinski definition) is 1. The van der Waals surface area contributed by atoms with Gasteiger partial charge in [-0.3, -0.25) is 9.59 Å². The highest BCUT2D eigenvalue weighted by molar-refractivity contribution is 8.14. The van der Waals surface area contributed by atoms with E-state index in [2.05, 4.69) is 13.8 Å². The van der Waals surface area contributed by atoms with Crippen molar-refractivity contribution in [3.8, 4) is 0 Å². The Bertz CT molecular complexity index is 442. The van der Waals surface area contributed by atoms with Crippen molar-refractivity contribution in [3.63, 3.8) is 0 Å². The quantitative estimate of drug-likeness (QED) is 0.834. The highest BCUT2D eigenvalue weighted by atomic mass is 32.2. The predicted molar refractivity (Wildman–Crippen MR) is 82.8 cm³/mol. The molecule has 0 amide bonds. The lowest BCUT2D eigenvalue weighted by atomic mass is 9.91. The van der Waals surface area contributed by atoms with E-state index in [1.807, 2.05) is 30.3 Å². The smallest absolute Gasteiger partial charge is 0.307 e. The Morgan fingerprint density at radius 2 is 1.80 bits per heavy atom. The standard InChI is InChI=1S/C16H22O3S/c1-11(2)9-15(20-12(3)17)14(16(18)19)10-13-7-5-4-6-8-13/h4-8,11,14-15H,9-10H2,1-3H3,(H,18,19). The van der Waals surface area contributed by atoms with Crippen LogP contribution in [0.25, 0.3) is 0 Å². The fourth-order valence-corrected chi connectivity index (χ4v) is 3.50. The molecule has 0 spiro atoms. The maximum atomic E-state index is 11.6. The monoisotopic (exact) mass is 294 g/mol. The van der Waals surface area contributed by atoms with Crippen molar-refractivity contribution >= 4 is 22.8 Å². The Morgan fingerprint density at radius 1 is 1.20 bits per heavy atom. The van der Waals surface area contributed by atoms with Crippen LogP contribution in [0.4, 0.5) is 0 Å². The molecule has 0 aliphatic heterocycles. The number of carbonyl (C=O) groups is 2. The summed E-state index contributed by atoms with van der Waals surface area (Å²) in [7, 11) is 0. The maximum absolute atomic E-state index is 11.6. The van der Waals surface area contributed by atoms with E-state index >= 15 is 0 Å². The van der Waals surface area contributed by atoms with Crippen molar-refractivity contribution in [2.45, 2.75) is 38.9 Å². The number of carboxylic acid groups (broad SMARTS) is 1. The second kappa shape index (κ2) is 8.10. The van der Waals surface area contributed by atoms with Crippen LogP contribution in [0.2, 0.25) is 0 Å². The molecule has 0 aliphatic carbocycles. The van der Waals surface area contributed by atoms with Crippen molar-refractivity contribution in [1.29, 1.82) is 0 Å². The molecule has 20 heavy (non-hydrogen) atoms. The van der Waals surface area contributed by atoms with Gasteiger partial charge in [0.05, 0.1) is 5.92 Å². The van der Waals surface area contributed by atoms with E-state index in [1.165, 1.54) is 6.92 Å². The van der Waals surface area contributed by atoms with Crippen LogP contribution in [0.15, 0.2) is 30.3 Å². The molecule has 1 N–H and O–H groups in total. The lowest BCUT2D eigenvalue weighted by Gasteiger charge is -2.24. The number of benzene rings is 1. The van der Waals surface area contributed by atoms with Crippen LogP contribution in [-0.2, 0) is 16.0 Å². The number of carboxylic acids is 1. The van der Waals surface area contributed by atoms with Gasteiger partial charge in [-0.1, -0.05) is 55.9 Å². The lowest BCUT2D eigenvalue weighted by Crippen LogP contribution is -2.30. The number of rotatable bonds is 7. The molecule has 1 aromatic carbocycles. The largest absolute Gasteiger partial charge is 0.481 e. The van der Waals surface area contributed by atoms with Gasteiger partial charge in [-0.05, 0) is 24.3 Å². The SMILES string of the molecule is CC(=O)SC(CC(C)C)C(Cc1ccccc1)C(=O)O. The number of carbonyl (C=O) groups excluding carboxylic acids is 1. The molecule has 2 atom stereocenters. The third-order valence-electron chi connectivity index (χ3n) is 3.09. The number of aliphatic carboxylic acids is 1. The first kappa shape index (κ1) is 16.8. The molecule has 0 heterocycles. The lowest BCUT2D eigenvalue weighted by molar-refractivity contribution is -0.141. The molecular weight excluding hydrogens is 272 g/mol. The highest BCUT2D eigenvalue weighted by Crippen LogP contribution is 2.29. The molecule has 2 unspecified atom stereocenters. The fraction of sp³-hybridized carbons (Fsp3) is 0.500. The minimum atomic E-state index is -0.826. The van der Waals surface area contributed by atoms with Crippen molar-refractivity contribution in [1.82, 2.24) is 0 Å². The van der Waals surface area contributed by atoms with Crippen LogP contribution in [0.1, 0.15) is 32.8 Å². The Labute approximate surface area is 124 Å². The summed E-state index contributed by atoms with van der Waals surface area (Å²) in [6.45, 7) is 5.60. The van der Waals surface area contributed by atoms with Crippen molar-refractivity contribution in [3.05, 3.63) is 35.9 Å². The molecule has 0 fully saturated rings. The first-order valence-electron chi connectivity index (χ1n) is 6.84. The molecule has 1 rings (SSSR count). The van der Waals surface area contributed by atoms with Gasteiger partial charge in [0.2, 0.25) is 0 Å². The molecular formula is C16H22O3S. The summed E-state index contributed by atoms with van der Waals surface area (Å²) in [5, 5.41) is 9.31. The molecule has 4 heteroatoms. The van der Waals surface area contributed by atoms with Gasteiger partial charge in [-0.25, -0.2) is 0 Å². The zero-order valence-electron chi connectivity index (χ0n) is 12.2. The van der Waals surface area contributed by atoms with Gasteiger partial charge in [0.1, 0.15) is 0 Å². The third kappa shape index (κ3) is 5.78. The Kier molecular flexibility index (Phi) is 6.79. The second-order valence-electron chi connectivity index (χ2n) is 5.41. The topological polar surface area (TPSA) is 54.4 Å². The maximum Gasteiger partial charge on any atom is 0.307 e. The molecule has 0 saturated carbocycles. The number of thioether (sulfide) groups is 1. The minimum absolute atomic E-state index is 0.0186. The molecule has 0 bridgehead atoms. The number of hydrogen-bond acceptors (Lipinski definition) is 3. The van der Waals surface area contributed by atoms with Gasteiger partial charge in [-0.2, -0.15) is 0 Å². The average molecular weight is 294 g/mol. The highest BCUT2D eigenvalue weighted by Gasteiger charge is 2.30. The Hall–Kier alpha value is -1.29. The predicted octanol–water partition coefficient (Wildman–Crippen LogP) is 3.62. The first-order chi connectivity index (χ1) is 9.40. The normalized spacial score (nSPS) is 14.0. The zero-order chi connectivity index (χ0) is 15.1. The summed E-state index contributed by atoms with van der Waals surface area (Å²) in [5.74, 6) is -0.994. The molecule has 0 aromatic heterocycles. The van der Waals surface area contributed by atoms with E-state index in [1.54, 1.807) is 0 Å². The van der Waals surface area contributed by atoms with Crippen molar-refractivity contribution in [2.75, 3.05) is 0 Å². The van der Waals surface area contributed by atoms with Gasteiger partial charge in [0, 0.05) is 12.2 Å².